The number of benzene rings is 2. The molecule has 6 nitrogen and oxygen atoms in total. The van der Waals surface area contributed by atoms with Crippen molar-refractivity contribution in [2.45, 2.75) is 26.1 Å². The van der Waals surface area contributed by atoms with E-state index in [-0.39, 0.29) is 17.9 Å². The highest BCUT2D eigenvalue weighted by Gasteiger charge is 2.20. The smallest absolute Gasteiger partial charge is 0.251 e. The highest BCUT2D eigenvalue weighted by molar-refractivity contribution is 5.94. The van der Waals surface area contributed by atoms with Gasteiger partial charge in [-0.05, 0) is 30.2 Å². The number of morpholine rings is 1. The zero-order valence-corrected chi connectivity index (χ0v) is 15.5. The Morgan fingerprint density at radius 2 is 1.85 bits per heavy atom. The molecule has 2 aromatic carbocycles. The highest BCUT2D eigenvalue weighted by atomic mass is 16.5. The Morgan fingerprint density at radius 3 is 2.59 bits per heavy atom. The van der Waals surface area contributed by atoms with Crippen LogP contribution in [0.15, 0.2) is 48.5 Å². The van der Waals surface area contributed by atoms with Gasteiger partial charge in [-0.1, -0.05) is 42.0 Å². The van der Waals surface area contributed by atoms with E-state index in [1.165, 1.54) is 5.56 Å². The van der Waals surface area contributed by atoms with Crippen LogP contribution in [0.3, 0.4) is 0 Å². The summed E-state index contributed by atoms with van der Waals surface area (Å²) >= 11 is 0. The summed E-state index contributed by atoms with van der Waals surface area (Å²) in [6.07, 6.45) is 0. The van der Waals surface area contributed by atoms with Crippen molar-refractivity contribution in [2.75, 3.05) is 19.8 Å². The van der Waals surface area contributed by atoms with E-state index in [4.69, 9.17) is 4.74 Å². The van der Waals surface area contributed by atoms with E-state index in [1.54, 1.807) is 12.1 Å². The lowest BCUT2D eigenvalue weighted by Crippen LogP contribution is -2.51. The quantitative estimate of drug-likeness (QED) is 0.723. The van der Waals surface area contributed by atoms with E-state index in [9.17, 15) is 9.59 Å². The molecule has 2 amide bonds. The van der Waals surface area contributed by atoms with Gasteiger partial charge < -0.3 is 20.7 Å². The molecule has 0 radical (unpaired) electrons. The van der Waals surface area contributed by atoms with Crippen molar-refractivity contribution in [1.82, 2.24) is 16.0 Å². The fraction of sp³-hybridized carbons (Fsp3) is 0.333. The number of nitrogens with one attached hydrogen (secondary N) is 3. The molecule has 1 unspecified atom stereocenters. The monoisotopic (exact) mass is 367 g/mol. The Morgan fingerprint density at radius 1 is 1.07 bits per heavy atom. The first-order chi connectivity index (χ1) is 13.1. The summed E-state index contributed by atoms with van der Waals surface area (Å²) < 4.78 is 5.30. The molecule has 1 heterocycles. The number of carbonyl (C=O) groups is 2. The summed E-state index contributed by atoms with van der Waals surface area (Å²) in [7, 11) is 0. The van der Waals surface area contributed by atoms with E-state index < -0.39 is 0 Å². The minimum Gasteiger partial charge on any atom is -0.378 e. The van der Waals surface area contributed by atoms with Crippen LogP contribution in [0.1, 0.15) is 27.0 Å². The summed E-state index contributed by atoms with van der Waals surface area (Å²) in [6, 6.07) is 15.0. The third-order valence-corrected chi connectivity index (χ3v) is 4.47. The zero-order valence-electron chi connectivity index (χ0n) is 15.5. The van der Waals surface area contributed by atoms with Crippen LogP contribution in [0.25, 0.3) is 0 Å². The van der Waals surface area contributed by atoms with Crippen molar-refractivity contribution in [3.63, 3.8) is 0 Å². The molecular weight excluding hydrogens is 342 g/mol. The molecule has 1 atom stereocenters. The van der Waals surface area contributed by atoms with Gasteiger partial charge in [0.1, 0.15) is 6.04 Å². The van der Waals surface area contributed by atoms with Crippen molar-refractivity contribution < 1.29 is 14.3 Å². The number of rotatable bonds is 6. The maximum absolute atomic E-state index is 12.4. The van der Waals surface area contributed by atoms with E-state index >= 15 is 0 Å². The van der Waals surface area contributed by atoms with Gasteiger partial charge in [-0.25, -0.2) is 0 Å². The second kappa shape index (κ2) is 9.30. The third kappa shape index (κ3) is 5.64. The standard InChI is InChI=1S/C21H25N3O3/c1-15-5-7-16(8-6-15)12-23-20(25)18-4-2-3-17(11-18)13-24-21(26)19-14-27-10-9-22-19/h2-8,11,19,22H,9-10,12-14H2,1H3,(H,23,25)(H,24,26). The Bertz CT molecular complexity index is 784. The number of hydrogen-bond donors (Lipinski definition) is 3. The van der Waals surface area contributed by atoms with Crippen LogP contribution < -0.4 is 16.0 Å². The lowest BCUT2D eigenvalue weighted by atomic mass is 10.1. The SMILES string of the molecule is Cc1ccc(CNC(=O)c2cccc(CNC(=O)C3COCCN3)c2)cc1. The Balaban J connectivity index is 1.52. The predicted octanol–water partition coefficient (Wildman–Crippen LogP) is 1.53. The van der Waals surface area contributed by atoms with Gasteiger partial charge >= 0.3 is 0 Å². The van der Waals surface area contributed by atoms with Crippen molar-refractivity contribution in [3.05, 3.63) is 70.8 Å². The molecule has 1 fully saturated rings. The van der Waals surface area contributed by atoms with Gasteiger partial charge in [0.25, 0.3) is 5.91 Å². The van der Waals surface area contributed by atoms with Gasteiger partial charge in [0.2, 0.25) is 5.91 Å². The second-order valence-corrected chi connectivity index (χ2v) is 6.67. The van der Waals surface area contributed by atoms with E-state index in [0.29, 0.717) is 38.4 Å². The van der Waals surface area contributed by atoms with E-state index in [2.05, 4.69) is 16.0 Å². The normalized spacial score (nSPS) is 16.6. The molecule has 3 rings (SSSR count). The summed E-state index contributed by atoms with van der Waals surface area (Å²) in [5.74, 6) is -0.227. The lowest BCUT2D eigenvalue weighted by Gasteiger charge is -2.22. The minimum absolute atomic E-state index is 0.0936. The van der Waals surface area contributed by atoms with Gasteiger partial charge in [-0.3, -0.25) is 9.59 Å². The first kappa shape index (κ1) is 19.1. The molecule has 1 aliphatic heterocycles. The van der Waals surface area contributed by atoms with Crippen LogP contribution in [0.2, 0.25) is 0 Å². The molecule has 2 aromatic rings. The van der Waals surface area contributed by atoms with Gasteiger partial charge in [0.05, 0.1) is 13.2 Å². The Kier molecular flexibility index (Phi) is 6.57. The number of carbonyl (C=O) groups excluding carboxylic acids is 2. The molecule has 27 heavy (non-hydrogen) atoms. The number of ether oxygens (including phenoxy) is 1. The Labute approximate surface area is 159 Å². The van der Waals surface area contributed by atoms with Crippen LogP contribution >= 0.6 is 0 Å². The molecule has 3 N–H and O–H groups in total. The fourth-order valence-corrected chi connectivity index (χ4v) is 2.86. The first-order valence-corrected chi connectivity index (χ1v) is 9.13. The maximum atomic E-state index is 12.4. The summed E-state index contributed by atoms with van der Waals surface area (Å²) in [5, 5.41) is 8.93. The Hall–Kier alpha value is -2.70. The zero-order chi connectivity index (χ0) is 19.1. The van der Waals surface area contributed by atoms with Crippen molar-refractivity contribution in [1.29, 1.82) is 0 Å². The maximum Gasteiger partial charge on any atom is 0.251 e. The number of amides is 2. The van der Waals surface area contributed by atoms with E-state index in [1.807, 2.05) is 43.3 Å². The molecule has 142 valence electrons. The largest absolute Gasteiger partial charge is 0.378 e. The molecule has 1 aliphatic rings. The fourth-order valence-electron chi connectivity index (χ4n) is 2.86. The van der Waals surface area contributed by atoms with Gasteiger partial charge in [-0.2, -0.15) is 0 Å². The van der Waals surface area contributed by atoms with Gasteiger partial charge in [0.15, 0.2) is 0 Å². The minimum atomic E-state index is -0.320. The van der Waals surface area contributed by atoms with Gasteiger partial charge in [0, 0.05) is 25.2 Å². The van der Waals surface area contributed by atoms with Crippen LogP contribution in [0.4, 0.5) is 0 Å². The van der Waals surface area contributed by atoms with Crippen molar-refractivity contribution in [3.8, 4) is 0 Å². The topological polar surface area (TPSA) is 79.5 Å². The van der Waals surface area contributed by atoms with E-state index in [0.717, 1.165) is 11.1 Å². The van der Waals surface area contributed by atoms with Gasteiger partial charge in [-0.15, -0.1) is 0 Å². The predicted molar refractivity (Wildman–Crippen MR) is 103 cm³/mol. The third-order valence-electron chi connectivity index (χ3n) is 4.47. The highest BCUT2D eigenvalue weighted by Crippen LogP contribution is 2.07. The summed E-state index contributed by atoms with van der Waals surface area (Å²) in [5.41, 5.74) is 3.70. The van der Waals surface area contributed by atoms with Crippen LogP contribution in [0.5, 0.6) is 0 Å². The molecule has 6 heteroatoms. The van der Waals surface area contributed by atoms with Crippen LogP contribution in [-0.2, 0) is 22.6 Å². The molecule has 1 saturated heterocycles. The average Bonchev–Trinajstić information content (AvgIpc) is 2.72. The molecular formula is C21H25N3O3. The molecule has 0 spiro atoms. The number of aryl methyl sites for hydroxylation is 1. The molecule has 0 bridgehead atoms. The first-order valence-electron chi connectivity index (χ1n) is 9.13. The number of hydrogen-bond acceptors (Lipinski definition) is 4. The van der Waals surface area contributed by atoms with Crippen molar-refractivity contribution in [2.24, 2.45) is 0 Å². The lowest BCUT2D eigenvalue weighted by molar-refractivity contribution is -0.126. The van der Waals surface area contributed by atoms with Crippen molar-refractivity contribution >= 4 is 11.8 Å². The van der Waals surface area contributed by atoms with Crippen LogP contribution in [-0.4, -0.2) is 37.6 Å². The second-order valence-electron chi connectivity index (χ2n) is 6.67. The summed E-state index contributed by atoms with van der Waals surface area (Å²) in [6.45, 7) is 4.57. The van der Waals surface area contributed by atoms with Crippen LogP contribution in [0, 0.1) is 6.92 Å². The summed E-state index contributed by atoms with van der Waals surface area (Å²) in [4.78, 5) is 24.5. The molecule has 0 aromatic heterocycles. The molecule has 0 saturated carbocycles. The molecule has 0 aliphatic carbocycles. The average molecular weight is 367 g/mol.